The van der Waals surface area contributed by atoms with Gasteiger partial charge in [-0.05, 0) is 42.5 Å². The summed E-state index contributed by atoms with van der Waals surface area (Å²) in [5.41, 5.74) is 5.25. The van der Waals surface area contributed by atoms with E-state index in [1.807, 2.05) is 6.07 Å². The Morgan fingerprint density at radius 3 is 2.28 bits per heavy atom. The van der Waals surface area contributed by atoms with Crippen molar-refractivity contribution >= 4 is 27.7 Å². The highest BCUT2D eigenvalue weighted by Crippen LogP contribution is 2.40. The van der Waals surface area contributed by atoms with Crippen molar-refractivity contribution in [1.29, 1.82) is 0 Å². The molecular weight excluding hydrogens is 488 g/mol. The lowest BCUT2D eigenvalue weighted by Crippen LogP contribution is -2.58. The minimum absolute atomic E-state index is 0.0202. The van der Waals surface area contributed by atoms with E-state index in [1.54, 1.807) is 24.3 Å². The van der Waals surface area contributed by atoms with E-state index < -0.39 is 51.3 Å². The van der Waals surface area contributed by atoms with Crippen molar-refractivity contribution in [2.75, 3.05) is 6.26 Å². The molecule has 0 aliphatic heterocycles. The van der Waals surface area contributed by atoms with Crippen LogP contribution in [0, 0.1) is 5.41 Å². The maximum absolute atomic E-state index is 13.3. The van der Waals surface area contributed by atoms with Crippen LogP contribution < -0.4 is 11.1 Å². The molecule has 10 nitrogen and oxygen atoms in total. The van der Waals surface area contributed by atoms with Crippen molar-refractivity contribution in [1.82, 2.24) is 5.32 Å². The molecule has 0 radical (unpaired) electrons. The summed E-state index contributed by atoms with van der Waals surface area (Å²) in [6, 6.07) is 12.4. The van der Waals surface area contributed by atoms with Gasteiger partial charge in [0.15, 0.2) is 15.6 Å². The van der Waals surface area contributed by atoms with Gasteiger partial charge in [0.05, 0.1) is 10.9 Å². The van der Waals surface area contributed by atoms with Gasteiger partial charge in [0, 0.05) is 12.3 Å². The highest BCUT2D eigenvalue weighted by Gasteiger charge is 2.56. The SMILES string of the molecule is CS(=O)(=O)c1ccc(C[C@@H](NC(=O)OCc2ccccc2)[C@H](O)C(=O)C2(C(=O)O)CCCC2N)cc1. The topological polar surface area (TPSA) is 173 Å². The minimum atomic E-state index is -3.44. The molecule has 3 rings (SSSR count). The van der Waals surface area contributed by atoms with Gasteiger partial charge in [-0.1, -0.05) is 48.9 Å². The van der Waals surface area contributed by atoms with E-state index in [2.05, 4.69) is 5.32 Å². The lowest BCUT2D eigenvalue weighted by atomic mass is 9.75. The van der Waals surface area contributed by atoms with E-state index in [1.165, 1.54) is 24.3 Å². The van der Waals surface area contributed by atoms with Crippen LogP contribution in [0.1, 0.15) is 30.4 Å². The molecule has 194 valence electrons. The molecule has 0 heterocycles. The number of ether oxygens (including phenoxy) is 1. The summed E-state index contributed by atoms with van der Waals surface area (Å²) in [4.78, 5) is 38.0. The van der Waals surface area contributed by atoms with Gasteiger partial charge in [-0.15, -0.1) is 0 Å². The van der Waals surface area contributed by atoms with Crippen LogP contribution in [-0.2, 0) is 37.2 Å². The van der Waals surface area contributed by atoms with Gasteiger partial charge in [0.2, 0.25) is 0 Å². The quantitative estimate of drug-likeness (QED) is 0.339. The Morgan fingerprint density at radius 2 is 1.75 bits per heavy atom. The number of carboxylic acids is 1. The van der Waals surface area contributed by atoms with E-state index >= 15 is 0 Å². The fraction of sp³-hybridized carbons (Fsp3) is 0.400. The van der Waals surface area contributed by atoms with E-state index in [0.717, 1.165) is 11.8 Å². The number of benzene rings is 2. The Labute approximate surface area is 209 Å². The number of alkyl carbamates (subject to hydrolysis) is 1. The summed E-state index contributed by atoms with van der Waals surface area (Å²) in [6.45, 7) is -0.0591. The van der Waals surface area contributed by atoms with Crippen LogP contribution in [0.15, 0.2) is 59.5 Å². The molecule has 0 saturated heterocycles. The molecule has 11 heteroatoms. The molecule has 36 heavy (non-hydrogen) atoms. The molecule has 1 saturated carbocycles. The number of nitrogens with one attached hydrogen (secondary N) is 1. The lowest BCUT2D eigenvalue weighted by Gasteiger charge is -2.32. The second-order valence-electron chi connectivity index (χ2n) is 9.02. The second-order valence-corrected chi connectivity index (χ2v) is 11.0. The Balaban J connectivity index is 1.83. The number of Topliss-reactive ketones (excluding diaryl/α,β-unsaturated/α-hetero) is 1. The highest BCUT2D eigenvalue weighted by atomic mass is 32.2. The van der Waals surface area contributed by atoms with Crippen LogP contribution in [0.2, 0.25) is 0 Å². The molecule has 5 N–H and O–H groups in total. The molecule has 1 aliphatic rings. The van der Waals surface area contributed by atoms with Crippen molar-refractivity contribution in [3.05, 3.63) is 65.7 Å². The van der Waals surface area contributed by atoms with E-state index in [9.17, 15) is 33.0 Å². The monoisotopic (exact) mass is 518 g/mol. The maximum Gasteiger partial charge on any atom is 0.407 e. The number of carbonyl (C=O) groups excluding carboxylic acids is 2. The van der Waals surface area contributed by atoms with Crippen LogP contribution in [0.5, 0.6) is 0 Å². The average molecular weight is 519 g/mol. The van der Waals surface area contributed by atoms with Crippen molar-refractivity contribution in [3.8, 4) is 0 Å². The minimum Gasteiger partial charge on any atom is -0.480 e. The summed E-state index contributed by atoms with van der Waals surface area (Å²) >= 11 is 0. The average Bonchev–Trinajstić information content (AvgIpc) is 3.24. The zero-order chi connectivity index (χ0) is 26.5. The predicted molar refractivity (Wildman–Crippen MR) is 130 cm³/mol. The number of sulfone groups is 1. The number of hydrogen-bond acceptors (Lipinski definition) is 8. The van der Waals surface area contributed by atoms with Crippen molar-refractivity contribution < 1.29 is 37.8 Å². The van der Waals surface area contributed by atoms with E-state index in [-0.39, 0.29) is 24.3 Å². The number of hydrogen-bond donors (Lipinski definition) is 4. The maximum atomic E-state index is 13.3. The summed E-state index contributed by atoms with van der Waals surface area (Å²) < 4.78 is 28.7. The van der Waals surface area contributed by atoms with Gasteiger partial charge >= 0.3 is 12.1 Å². The molecule has 0 aromatic heterocycles. The third-order valence-corrected chi connectivity index (χ3v) is 7.64. The number of carbonyl (C=O) groups is 3. The number of carboxylic acid groups (broad SMARTS) is 1. The van der Waals surface area contributed by atoms with Crippen LogP contribution in [0.3, 0.4) is 0 Å². The molecule has 1 aliphatic carbocycles. The molecular formula is C25H30N2O8S. The molecule has 1 fully saturated rings. The van der Waals surface area contributed by atoms with Gasteiger partial charge < -0.3 is 26.0 Å². The largest absolute Gasteiger partial charge is 0.480 e. The highest BCUT2D eigenvalue weighted by molar-refractivity contribution is 7.90. The van der Waals surface area contributed by atoms with Gasteiger partial charge in [-0.2, -0.15) is 0 Å². The van der Waals surface area contributed by atoms with E-state index in [0.29, 0.717) is 18.4 Å². The zero-order valence-corrected chi connectivity index (χ0v) is 20.6. The van der Waals surface area contributed by atoms with E-state index in [4.69, 9.17) is 10.5 Å². The Hall–Kier alpha value is -3.28. The van der Waals surface area contributed by atoms with Gasteiger partial charge in [0.1, 0.15) is 18.1 Å². The van der Waals surface area contributed by atoms with Crippen LogP contribution >= 0.6 is 0 Å². The third-order valence-electron chi connectivity index (χ3n) is 6.51. The lowest BCUT2D eigenvalue weighted by molar-refractivity contribution is -0.159. The van der Waals surface area contributed by atoms with Crippen molar-refractivity contribution in [2.45, 2.75) is 55.4 Å². The van der Waals surface area contributed by atoms with Crippen molar-refractivity contribution in [3.63, 3.8) is 0 Å². The van der Waals surface area contributed by atoms with Crippen molar-refractivity contribution in [2.24, 2.45) is 11.1 Å². The van der Waals surface area contributed by atoms with Gasteiger partial charge in [0.25, 0.3) is 0 Å². The fourth-order valence-electron chi connectivity index (χ4n) is 4.44. The number of aliphatic hydroxyl groups is 1. The summed E-state index contributed by atoms with van der Waals surface area (Å²) in [5, 5.41) is 23.3. The normalized spacial score (nSPS) is 21.4. The standard InChI is InChI=1S/C25H30N2O8S/c1-36(33,34)18-11-9-16(10-12-18)14-19(27-24(32)35-15-17-6-3-2-4-7-17)21(28)22(29)25(23(30)31)13-5-8-20(25)26/h2-4,6-7,9-12,19-21,28H,5,8,13-15,26H2,1H3,(H,27,32)(H,30,31)/t19-,20?,21+,25?/m1/s1. The number of aliphatic carboxylic acids is 1. The Morgan fingerprint density at radius 1 is 1.11 bits per heavy atom. The number of amides is 1. The summed E-state index contributed by atoms with van der Waals surface area (Å²) in [7, 11) is -3.44. The predicted octanol–water partition coefficient (Wildman–Crippen LogP) is 1.44. The smallest absolute Gasteiger partial charge is 0.407 e. The molecule has 2 aromatic carbocycles. The Kier molecular flexibility index (Phi) is 8.49. The third kappa shape index (κ3) is 6.10. The molecule has 2 aromatic rings. The van der Waals surface area contributed by atoms with Gasteiger partial charge in [-0.3, -0.25) is 9.59 Å². The van der Waals surface area contributed by atoms with Crippen LogP contribution in [-0.4, -0.2) is 60.9 Å². The molecule has 1 amide bonds. The zero-order valence-electron chi connectivity index (χ0n) is 19.8. The number of aliphatic hydroxyl groups excluding tert-OH is 1. The molecule has 0 spiro atoms. The summed E-state index contributed by atoms with van der Waals surface area (Å²) in [5.74, 6) is -2.40. The first-order chi connectivity index (χ1) is 16.9. The first-order valence-electron chi connectivity index (χ1n) is 11.4. The number of nitrogens with two attached hydrogens (primary N) is 1. The number of ketones is 1. The molecule has 4 atom stereocenters. The summed E-state index contributed by atoms with van der Waals surface area (Å²) in [6.07, 6.45) is -1.14. The van der Waals surface area contributed by atoms with Gasteiger partial charge in [-0.25, -0.2) is 13.2 Å². The first kappa shape index (κ1) is 27.3. The van der Waals surface area contributed by atoms with Crippen LogP contribution in [0.25, 0.3) is 0 Å². The fourth-order valence-corrected chi connectivity index (χ4v) is 5.07. The van der Waals surface area contributed by atoms with Crippen LogP contribution in [0.4, 0.5) is 4.79 Å². The number of rotatable bonds is 10. The Bertz CT molecular complexity index is 1200. The second kappa shape index (κ2) is 11.2. The molecule has 0 bridgehead atoms. The first-order valence-corrected chi connectivity index (χ1v) is 13.3. The molecule has 2 unspecified atom stereocenters.